The van der Waals surface area contributed by atoms with E-state index in [2.05, 4.69) is 5.32 Å². The first kappa shape index (κ1) is 17.7. The van der Waals surface area contributed by atoms with Crippen LogP contribution in [0, 0.1) is 0 Å². The Morgan fingerprint density at radius 2 is 1.38 bits per heavy atom. The molecule has 2 aromatic rings. The first-order valence-corrected chi connectivity index (χ1v) is 8.12. The van der Waals surface area contributed by atoms with E-state index in [1.54, 1.807) is 0 Å². The van der Waals surface area contributed by atoms with Crippen LogP contribution in [0.2, 0.25) is 0 Å². The Labute approximate surface area is 142 Å². The number of carbonyl (C=O) groups excluding carboxylic acids is 1. The second kappa shape index (κ2) is 9.45. The molecule has 0 bridgehead atoms. The van der Waals surface area contributed by atoms with Crippen molar-refractivity contribution >= 4 is 17.3 Å². The quantitative estimate of drug-likeness (QED) is 0.541. The highest BCUT2D eigenvalue weighted by Crippen LogP contribution is 2.16. The zero-order valence-electron chi connectivity index (χ0n) is 14.0. The maximum absolute atomic E-state index is 10.9. The molecule has 0 spiro atoms. The number of unbranched alkanes of at least 4 members (excludes halogenated alkanes) is 2. The summed E-state index contributed by atoms with van der Waals surface area (Å²) in [5, 5.41) is 2.72. The topological polar surface area (TPSA) is 73.6 Å². The molecule has 0 aliphatic heterocycles. The summed E-state index contributed by atoms with van der Waals surface area (Å²) in [4.78, 5) is 10.9. The third kappa shape index (κ3) is 6.60. The zero-order chi connectivity index (χ0) is 17.2. The van der Waals surface area contributed by atoms with Gasteiger partial charge in [-0.2, -0.15) is 0 Å². The van der Waals surface area contributed by atoms with Crippen molar-refractivity contribution in [1.82, 2.24) is 0 Å². The summed E-state index contributed by atoms with van der Waals surface area (Å²) in [6.45, 7) is 2.85. The third-order valence-electron chi connectivity index (χ3n) is 3.38. The van der Waals surface area contributed by atoms with Crippen molar-refractivity contribution < 1.29 is 14.3 Å². The Morgan fingerprint density at radius 3 is 1.88 bits per heavy atom. The van der Waals surface area contributed by atoms with Gasteiger partial charge in [0.1, 0.15) is 11.5 Å². The average Bonchev–Trinajstić information content (AvgIpc) is 2.56. The van der Waals surface area contributed by atoms with Gasteiger partial charge in [0.25, 0.3) is 0 Å². The number of nitrogens with one attached hydrogen (secondary N) is 1. The van der Waals surface area contributed by atoms with E-state index in [0.29, 0.717) is 13.2 Å². The molecule has 0 saturated carbocycles. The second-order valence-corrected chi connectivity index (χ2v) is 5.53. The number of nitrogen functional groups attached to an aromatic ring is 1. The summed E-state index contributed by atoms with van der Waals surface area (Å²) < 4.78 is 11.3. The lowest BCUT2D eigenvalue weighted by Crippen LogP contribution is -2.05. The fraction of sp³-hybridized carbons (Fsp3) is 0.316. The van der Waals surface area contributed by atoms with Crippen molar-refractivity contribution in [3.8, 4) is 11.5 Å². The highest BCUT2D eigenvalue weighted by Gasteiger charge is 1.98. The zero-order valence-corrected chi connectivity index (χ0v) is 14.0. The Bertz CT molecular complexity index is 624. The van der Waals surface area contributed by atoms with Crippen LogP contribution in [0.4, 0.5) is 11.4 Å². The normalized spacial score (nSPS) is 10.2. The number of hydrogen-bond donors (Lipinski definition) is 2. The maximum Gasteiger partial charge on any atom is 0.221 e. The minimum atomic E-state index is -0.0788. The Hall–Kier alpha value is -2.69. The number of ether oxygens (including phenoxy) is 2. The minimum Gasteiger partial charge on any atom is -0.494 e. The van der Waals surface area contributed by atoms with Crippen molar-refractivity contribution in [2.75, 3.05) is 24.3 Å². The molecule has 2 aromatic carbocycles. The predicted octanol–water partition coefficient (Wildman–Crippen LogP) is 3.86. The molecule has 24 heavy (non-hydrogen) atoms. The number of rotatable bonds is 9. The maximum atomic E-state index is 10.9. The standard InChI is InChI=1S/C19H24N2O3/c1-15(22)21-17-7-11-19(12-8-17)24-14-4-2-3-13-23-18-9-5-16(20)6-10-18/h5-12H,2-4,13-14,20H2,1H3,(H,21,22). The lowest BCUT2D eigenvalue weighted by molar-refractivity contribution is -0.114. The van der Waals surface area contributed by atoms with Crippen LogP contribution >= 0.6 is 0 Å². The second-order valence-electron chi connectivity index (χ2n) is 5.53. The van der Waals surface area contributed by atoms with Crippen molar-refractivity contribution in [2.45, 2.75) is 26.2 Å². The Balaban J connectivity index is 1.54. The smallest absolute Gasteiger partial charge is 0.221 e. The number of benzene rings is 2. The number of anilines is 2. The van der Waals surface area contributed by atoms with Gasteiger partial charge in [0.15, 0.2) is 0 Å². The van der Waals surface area contributed by atoms with Gasteiger partial charge in [0.2, 0.25) is 5.91 Å². The Morgan fingerprint density at radius 1 is 0.875 bits per heavy atom. The highest BCUT2D eigenvalue weighted by atomic mass is 16.5. The summed E-state index contributed by atoms with van der Waals surface area (Å²) in [7, 11) is 0. The first-order chi connectivity index (χ1) is 11.6. The van der Waals surface area contributed by atoms with Gasteiger partial charge in [-0.05, 0) is 67.8 Å². The molecule has 0 aromatic heterocycles. The van der Waals surface area contributed by atoms with Crippen molar-refractivity contribution in [1.29, 1.82) is 0 Å². The molecular formula is C19H24N2O3. The van der Waals surface area contributed by atoms with Crippen LogP contribution in [0.15, 0.2) is 48.5 Å². The first-order valence-electron chi connectivity index (χ1n) is 8.12. The van der Waals surface area contributed by atoms with E-state index in [1.165, 1.54) is 6.92 Å². The summed E-state index contributed by atoms with van der Waals surface area (Å²) in [6.07, 6.45) is 2.99. The van der Waals surface area contributed by atoms with E-state index in [1.807, 2.05) is 48.5 Å². The Kier molecular flexibility index (Phi) is 6.95. The largest absolute Gasteiger partial charge is 0.494 e. The fourth-order valence-corrected chi connectivity index (χ4v) is 2.16. The van der Waals surface area contributed by atoms with E-state index in [9.17, 15) is 4.79 Å². The highest BCUT2D eigenvalue weighted by molar-refractivity contribution is 5.88. The van der Waals surface area contributed by atoms with Crippen molar-refractivity contribution in [3.63, 3.8) is 0 Å². The lowest BCUT2D eigenvalue weighted by atomic mass is 10.2. The van der Waals surface area contributed by atoms with Gasteiger partial charge >= 0.3 is 0 Å². The van der Waals surface area contributed by atoms with E-state index >= 15 is 0 Å². The summed E-state index contributed by atoms with van der Waals surface area (Å²) in [6, 6.07) is 14.8. The summed E-state index contributed by atoms with van der Waals surface area (Å²) in [5.41, 5.74) is 7.14. The molecule has 0 heterocycles. The molecule has 0 aliphatic carbocycles. The molecule has 0 unspecified atom stereocenters. The van der Waals surface area contributed by atoms with Crippen LogP contribution in [-0.2, 0) is 4.79 Å². The van der Waals surface area contributed by atoms with Crippen LogP contribution in [0.5, 0.6) is 11.5 Å². The van der Waals surface area contributed by atoms with Crippen molar-refractivity contribution in [2.24, 2.45) is 0 Å². The molecule has 2 rings (SSSR count). The van der Waals surface area contributed by atoms with Gasteiger partial charge in [-0.1, -0.05) is 0 Å². The molecule has 0 radical (unpaired) electrons. The van der Waals surface area contributed by atoms with E-state index in [0.717, 1.165) is 42.1 Å². The average molecular weight is 328 g/mol. The van der Waals surface area contributed by atoms with E-state index in [4.69, 9.17) is 15.2 Å². The number of nitrogens with two attached hydrogens (primary N) is 1. The van der Waals surface area contributed by atoms with Crippen LogP contribution < -0.4 is 20.5 Å². The number of amides is 1. The van der Waals surface area contributed by atoms with Gasteiger partial charge in [-0.15, -0.1) is 0 Å². The van der Waals surface area contributed by atoms with Crippen LogP contribution in [0.1, 0.15) is 26.2 Å². The van der Waals surface area contributed by atoms with Gasteiger partial charge in [-0.3, -0.25) is 4.79 Å². The van der Waals surface area contributed by atoms with Crippen LogP contribution in [-0.4, -0.2) is 19.1 Å². The van der Waals surface area contributed by atoms with Crippen LogP contribution in [0.25, 0.3) is 0 Å². The number of hydrogen-bond acceptors (Lipinski definition) is 4. The third-order valence-corrected chi connectivity index (χ3v) is 3.38. The SMILES string of the molecule is CC(=O)Nc1ccc(OCCCCCOc2ccc(N)cc2)cc1. The summed E-state index contributed by atoms with van der Waals surface area (Å²) >= 11 is 0. The lowest BCUT2D eigenvalue weighted by Gasteiger charge is -2.08. The van der Waals surface area contributed by atoms with Gasteiger partial charge < -0.3 is 20.5 Å². The van der Waals surface area contributed by atoms with Crippen molar-refractivity contribution in [3.05, 3.63) is 48.5 Å². The molecule has 0 fully saturated rings. The molecule has 128 valence electrons. The monoisotopic (exact) mass is 328 g/mol. The van der Waals surface area contributed by atoms with E-state index in [-0.39, 0.29) is 5.91 Å². The molecule has 5 nitrogen and oxygen atoms in total. The summed E-state index contributed by atoms with van der Waals surface area (Å²) in [5.74, 6) is 1.58. The molecule has 1 amide bonds. The molecule has 3 N–H and O–H groups in total. The number of carbonyl (C=O) groups is 1. The van der Waals surface area contributed by atoms with Gasteiger partial charge in [-0.25, -0.2) is 0 Å². The van der Waals surface area contributed by atoms with E-state index < -0.39 is 0 Å². The molecule has 0 atom stereocenters. The fourth-order valence-electron chi connectivity index (χ4n) is 2.16. The molecule has 5 heteroatoms. The van der Waals surface area contributed by atoms with Crippen LogP contribution in [0.3, 0.4) is 0 Å². The van der Waals surface area contributed by atoms with Gasteiger partial charge in [0.05, 0.1) is 13.2 Å². The molecular weight excluding hydrogens is 304 g/mol. The molecule has 0 aliphatic rings. The minimum absolute atomic E-state index is 0.0788. The van der Waals surface area contributed by atoms with Gasteiger partial charge in [0, 0.05) is 18.3 Å². The molecule has 0 saturated heterocycles. The predicted molar refractivity (Wildman–Crippen MR) is 96.4 cm³/mol.